The molecule has 0 bridgehead atoms. The van der Waals surface area contributed by atoms with Gasteiger partial charge in [0.2, 0.25) is 10.6 Å². The van der Waals surface area contributed by atoms with Gasteiger partial charge in [-0.3, -0.25) is 4.31 Å². The molecule has 0 saturated heterocycles. The molecule has 0 spiro atoms. The predicted octanol–water partition coefficient (Wildman–Crippen LogP) is 2.85. The van der Waals surface area contributed by atoms with Crippen molar-refractivity contribution in [2.45, 2.75) is 32.4 Å². The number of nitrogens with zero attached hydrogens (tertiary/aromatic N) is 3. The summed E-state index contributed by atoms with van der Waals surface area (Å²) >= 11 is 15.6. The van der Waals surface area contributed by atoms with E-state index in [1.54, 1.807) is 0 Å². The summed E-state index contributed by atoms with van der Waals surface area (Å²) in [6, 6.07) is 0. The minimum atomic E-state index is -0.0826. The molecule has 0 aliphatic carbocycles. The maximum atomic E-state index is 5.77. The van der Waals surface area contributed by atoms with Crippen LogP contribution >= 0.6 is 36.0 Å². The number of rotatable bonds is 3. The molecule has 3 nitrogen and oxygen atoms in total. The molecule has 0 aromatic rings. The predicted molar refractivity (Wildman–Crippen MR) is 60.7 cm³/mol. The molecule has 0 saturated carbocycles. The topological polar surface area (TPSA) is 28.0 Å². The molecule has 0 amide bonds. The van der Waals surface area contributed by atoms with E-state index in [1.165, 1.54) is 4.31 Å². The molecule has 13 heavy (non-hydrogen) atoms. The van der Waals surface area contributed by atoms with Crippen molar-refractivity contribution in [2.24, 2.45) is 9.98 Å². The summed E-state index contributed by atoms with van der Waals surface area (Å²) < 4.78 is 1.53. The van der Waals surface area contributed by atoms with Gasteiger partial charge in [0.05, 0.1) is 0 Å². The lowest BCUT2D eigenvalue weighted by Gasteiger charge is -2.25. The quantitative estimate of drug-likeness (QED) is 0.596. The van der Waals surface area contributed by atoms with Gasteiger partial charge < -0.3 is 0 Å². The van der Waals surface area contributed by atoms with Crippen LogP contribution in [-0.4, -0.2) is 21.1 Å². The maximum absolute atomic E-state index is 5.77. The Morgan fingerprint density at radius 3 is 2.85 bits per heavy atom. The zero-order valence-electron chi connectivity index (χ0n) is 7.24. The average molecular weight is 240 g/mol. The highest BCUT2D eigenvalue weighted by molar-refractivity contribution is 7.78. The molecule has 6 heteroatoms. The Morgan fingerprint density at radius 2 is 2.23 bits per heavy atom. The fraction of sp³-hybridized carbons (Fsp3) is 0.714. The number of unbranched alkanes of at least 4 members (excludes halogenated alkanes) is 1. The van der Waals surface area contributed by atoms with Crippen LogP contribution in [0.4, 0.5) is 0 Å². The van der Waals surface area contributed by atoms with Crippen LogP contribution in [0.25, 0.3) is 0 Å². The Bertz CT molecular complexity index is 242. The standard InChI is InChI=1S/C7H11Cl2N3S/c1-2-3-4-5-10-6(8)11-7(9)12(5)13/h5,13H,2-4H2,1H3. The largest absolute Gasteiger partial charge is 0.270 e. The molecule has 0 N–H and O–H groups in total. The lowest BCUT2D eigenvalue weighted by molar-refractivity contribution is 0.446. The molecule has 74 valence electrons. The lowest BCUT2D eigenvalue weighted by atomic mass is 10.2. The highest BCUT2D eigenvalue weighted by Crippen LogP contribution is 2.20. The number of hydrogen-bond donors (Lipinski definition) is 1. The number of thiol groups is 1. The summed E-state index contributed by atoms with van der Waals surface area (Å²) in [6.45, 7) is 2.12. The normalized spacial score (nSPS) is 22.8. The van der Waals surface area contributed by atoms with Crippen LogP contribution < -0.4 is 0 Å². The van der Waals surface area contributed by atoms with Gasteiger partial charge in [-0.15, -0.1) is 0 Å². The van der Waals surface area contributed by atoms with E-state index in [-0.39, 0.29) is 16.8 Å². The van der Waals surface area contributed by atoms with E-state index in [4.69, 9.17) is 23.2 Å². The Kier molecular flexibility index (Phi) is 4.35. The van der Waals surface area contributed by atoms with Gasteiger partial charge in [0.1, 0.15) is 6.17 Å². The summed E-state index contributed by atoms with van der Waals surface area (Å²) in [5.74, 6) is 0. The Hall–Kier alpha value is 0.0700. The first-order chi connectivity index (χ1) is 6.15. The van der Waals surface area contributed by atoms with Crippen molar-refractivity contribution in [1.29, 1.82) is 0 Å². The van der Waals surface area contributed by atoms with Crippen molar-refractivity contribution < 1.29 is 0 Å². The van der Waals surface area contributed by atoms with Crippen LogP contribution in [0.2, 0.25) is 0 Å². The van der Waals surface area contributed by atoms with Crippen LogP contribution in [0.5, 0.6) is 0 Å². The van der Waals surface area contributed by atoms with Crippen molar-refractivity contribution in [1.82, 2.24) is 4.31 Å². The third-order valence-electron chi connectivity index (χ3n) is 1.73. The fourth-order valence-electron chi connectivity index (χ4n) is 1.03. The molecule has 1 aliphatic heterocycles. The number of halogens is 2. The van der Waals surface area contributed by atoms with Crippen molar-refractivity contribution >= 4 is 46.6 Å². The molecule has 1 heterocycles. The number of hydrogen-bond acceptors (Lipinski definition) is 4. The maximum Gasteiger partial charge on any atom is 0.222 e. The fourth-order valence-corrected chi connectivity index (χ4v) is 1.67. The van der Waals surface area contributed by atoms with Gasteiger partial charge in [0.15, 0.2) is 0 Å². The second-order valence-electron chi connectivity index (χ2n) is 2.75. The van der Waals surface area contributed by atoms with Crippen LogP contribution in [-0.2, 0) is 0 Å². The zero-order valence-corrected chi connectivity index (χ0v) is 9.65. The molecule has 0 aromatic heterocycles. The van der Waals surface area contributed by atoms with Crippen molar-refractivity contribution in [3.63, 3.8) is 0 Å². The molecular formula is C7H11Cl2N3S. The molecule has 0 aromatic carbocycles. The van der Waals surface area contributed by atoms with Gasteiger partial charge in [0.25, 0.3) is 0 Å². The Balaban J connectivity index is 2.60. The molecular weight excluding hydrogens is 229 g/mol. The van der Waals surface area contributed by atoms with Crippen LogP contribution in [0, 0.1) is 0 Å². The van der Waals surface area contributed by atoms with Crippen LogP contribution in [0.15, 0.2) is 9.98 Å². The summed E-state index contributed by atoms with van der Waals surface area (Å²) in [7, 11) is 0. The van der Waals surface area contributed by atoms with E-state index in [0.717, 1.165) is 19.3 Å². The third-order valence-corrected chi connectivity index (χ3v) is 2.75. The first-order valence-electron chi connectivity index (χ1n) is 4.10. The Morgan fingerprint density at radius 1 is 1.54 bits per heavy atom. The van der Waals surface area contributed by atoms with Gasteiger partial charge in [-0.05, 0) is 36.0 Å². The molecule has 1 atom stereocenters. The summed E-state index contributed by atoms with van der Waals surface area (Å²) in [5, 5.41) is 0.487. The van der Waals surface area contributed by atoms with E-state index < -0.39 is 0 Å². The van der Waals surface area contributed by atoms with E-state index in [2.05, 4.69) is 29.7 Å². The van der Waals surface area contributed by atoms with Crippen LogP contribution in [0.3, 0.4) is 0 Å². The number of aliphatic imine (C=N–C) groups is 2. The second-order valence-corrected chi connectivity index (χ2v) is 3.85. The molecule has 1 rings (SSSR count). The minimum absolute atomic E-state index is 0.0826. The van der Waals surface area contributed by atoms with Gasteiger partial charge in [-0.25, -0.2) is 4.99 Å². The molecule has 1 unspecified atom stereocenters. The third kappa shape index (κ3) is 3.04. The van der Waals surface area contributed by atoms with E-state index >= 15 is 0 Å². The smallest absolute Gasteiger partial charge is 0.222 e. The lowest BCUT2D eigenvalue weighted by Crippen LogP contribution is -2.32. The van der Waals surface area contributed by atoms with Crippen molar-refractivity contribution in [3.8, 4) is 0 Å². The Labute approximate surface area is 93.4 Å². The van der Waals surface area contributed by atoms with E-state index in [0.29, 0.717) is 0 Å². The van der Waals surface area contributed by atoms with Crippen molar-refractivity contribution in [3.05, 3.63) is 0 Å². The average Bonchev–Trinajstić information content (AvgIpc) is 2.09. The minimum Gasteiger partial charge on any atom is -0.270 e. The molecule has 1 aliphatic rings. The highest BCUT2D eigenvalue weighted by Gasteiger charge is 2.21. The monoisotopic (exact) mass is 239 g/mol. The first kappa shape index (κ1) is 11.1. The highest BCUT2D eigenvalue weighted by atomic mass is 35.5. The van der Waals surface area contributed by atoms with Crippen LogP contribution in [0.1, 0.15) is 26.2 Å². The summed E-state index contributed by atoms with van der Waals surface area (Å²) in [6.07, 6.45) is 2.99. The summed E-state index contributed by atoms with van der Waals surface area (Å²) in [5.41, 5.74) is 0. The first-order valence-corrected chi connectivity index (χ1v) is 5.26. The second kappa shape index (κ2) is 5.08. The molecule has 0 radical (unpaired) electrons. The van der Waals surface area contributed by atoms with E-state index in [1.807, 2.05) is 0 Å². The van der Waals surface area contributed by atoms with Gasteiger partial charge >= 0.3 is 0 Å². The van der Waals surface area contributed by atoms with E-state index in [9.17, 15) is 0 Å². The van der Waals surface area contributed by atoms with Gasteiger partial charge in [0, 0.05) is 0 Å². The van der Waals surface area contributed by atoms with Gasteiger partial charge in [-0.2, -0.15) is 4.99 Å². The molecule has 0 fully saturated rings. The zero-order chi connectivity index (χ0) is 9.84. The summed E-state index contributed by atoms with van der Waals surface area (Å²) in [4.78, 5) is 7.88. The SMILES string of the molecule is CCCCC1N=C(Cl)N=C(Cl)N1S. The van der Waals surface area contributed by atoms with Crippen molar-refractivity contribution in [2.75, 3.05) is 0 Å². The van der Waals surface area contributed by atoms with Gasteiger partial charge in [-0.1, -0.05) is 26.2 Å². The number of amidine groups is 2.